The number of benzene rings is 2. The average Bonchev–Trinajstić information content (AvgIpc) is 3.36. The highest BCUT2D eigenvalue weighted by Gasteiger charge is 2.10. The maximum absolute atomic E-state index is 5.74. The minimum absolute atomic E-state index is 0.165. The summed E-state index contributed by atoms with van der Waals surface area (Å²) >= 11 is 1.56. The molecule has 3 heterocycles. The Morgan fingerprint density at radius 1 is 1.10 bits per heavy atom. The Bertz CT molecular complexity index is 1420. The number of aromatic nitrogens is 4. The first-order valence-electron chi connectivity index (χ1n) is 9.95. The first-order chi connectivity index (χ1) is 15.1. The zero-order chi connectivity index (χ0) is 21.2. The molecule has 31 heavy (non-hydrogen) atoms. The summed E-state index contributed by atoms with van der Waals surface area (Å²) in [5.74, 6) is 7.80. The summed E-state index contributed by atoms with van der Waals surface area (Å²) in [5, 5.41) is 3.41. The van der Waals surface area contributed by atoms with Gasteiger partial charge in [0.2, 0.25) is 0 Å². The van der Waals surface area contributed by atoms with Crippen LogP contribution in [0.4, 0.5) is 11.5 Å². The fourth-order valence-electron chi connectivity index (χ4n) is 3.34. The molecule has 0 saturated heterocycles. The molecule has 7 heteroatoms. The van der Waals surface area contributed by atoms with E-state index in [1.807, 2.05) is 43.3 Å². The van der Waals surface area contributed by atoms with Crippen molar-refractivity contribution in [3.05, 3.63) is 77.2 Å². The summed E-state index contributed by atoms with van der Waals surface area (Å²) in [7, 11) is 0. The molecule has 0 saturated carbocycles. The number of anilines is 2. The van der Waals surface area contributed by atoms with Crippen LogP contribution in [0.3, 0.4) is 0 Å². The largest absolute Gasteiger partial charge is 0.342 e. The van der Waals surface area contributed by atoms with E-state index in [1.165, 1.54) is 5.56 Å². The van der Waals surface area contributed by atoms with E-state index in [0.717, 1.165) is 49.9 Å². The monoisotopic (exact) mass is 424 g/mol. The summed E-state index contributed by atoms with van der Waals surface area (Å²) in [6.45, 7) is 1.87. The quantitative estimate of drug-likeness (QED) is 0.367. The number of nitrogens with zero attached hydrogens (tertiary/aromatic N) is 3. The Balaban J connectivity index is 1.42. The Hall–Kier alpha value is -3.73. The van der Waals surface area contributed by atoms with Crippen LogP contribution < -0.4 is 11.1 Å². The van der Waals surface area contributed by atoms with E-state index in [-0.39, 0.29) is 6.04 Å². The van der Waals surface area contributed by atoms with Gasteiger partial charge in [0.25, 0.3) is 0 Å². The van der Waals surface area contributed by atoms with E-state index in [4.69, 9.17) is 10.7 Å². The third-order valence-corrected chi connectivity index (χ3v) is 5.79. The van der Waals surface area contributed by atoms with Crippen molar-refractivity contribution >= 4 is 44.1 Å². The van der Waals surface area contributed by atoms with Crippen molar-refractivity contribution in [1.29, 1.82) is 0 Å². The Morgan fingerprint density at radius 3 is 2.81 bits per heavy atom. The maximum Gasteiger partial charge on any atom is 0.151 e. The lowest BCUT2D eigenvalue weighted by molar-refractivity contribution is 0.959. The zero-order valence-electron chi connectivity index (χ0n) is 16.9. The fraction of sp³-hybridized carbons (Fsp3) is 0.125. The number of imidazole rings is 1. The Labute approximate surface area is 183 Å². The molecule has 0 amide bonds. The highest BCUT2D eigenvalue weighted by atomic mass is 32.1. The highest BCUT2D eigenvalue weighted by molar-refractivity contribution is 7.20. The van der Waals surface area contributed by atoms with Gasteiger partial charge in [-0.15, -0.1) is 11.3 Å². The topological polar surface area (TPSA) is 92.5 Å². The molecule has 5 rings (SSSR count). The van der Waals surface area contributed by atoms with Crippen LogP contribution in [0.15, 0.2) is 60.9 Å². The SMILES string of the molecule is C[C@@H](N)C#Cc1cc2ncnc(Nc3ccc4nc(Cc5ccccc5)[nH]c4c3)c2s1. The van der Waals surface area contributed by atoms with Crippen molar-refractivity contribution < 1.29 is 0 Å². The summed E-state index contributed by atoms with van der Waals surface area (Å²) in [5.41, 5.74) is 10.7. The zero-order valence-corrected chi connectivity index (χ0v) is 17.7. The van der Waals surface area contributed by atoms with Crippen LogP contribution in [-0.4, -0.2) is 26.0 Å². The molecule has 0 radical (unpaired) electrons. The third-order valence-electron chi connectivity index (χ3n) is 4.74. The summed E-state index contributed by atoms with van der Waals surface area (Å²) in [6.07, 6.45) is 2.33. The van der Waals surface area contributed by atoms with Crippen LogP contribution in [0.5, 0.6) is 0 Å². The lowest BCUT2D eigenvalue weighted by Crippen LogP contribution is -2.10. The van der Waals surface area contributed by atoms with E-state index in [1.54, 1.807) is 17.7 Å². The van der Waals surface area contributed by atoms with Gasteiger partial charge in [0.15, 0.2) is 5.82 Å². The van der Waals surface area contributed by atoms with Gasteiger partial charge < -0.3 is 16.0 Å². The smallest absolute Gasteiger partial charge is 0.151 e. The number of rotatable bonds is 4. The van der Waals surface area contributed by atoms with Gasteiger partial charge in [-0.05, 0) is 36.8 Å². The van der Waals surface area contributed by atoms with Crippen molar-refractivity contribution in [3.63, 3.8) is 0 Å². The average molecular weight is 425 g/mol. The van der Waals surface area contributed by atoms with Crippen LogP contribution in [0.25, 0.3) is 21.3 Å². The number of aromatic amines is 1. The number of hydrogen-bond donors (Lipinski definition) is 3. The van der Waals surface area contributed by atoms with Gasteiger partial charge in [-0.3, -0.25) is 0 Å². The fourth-order valence-corrected chi connectivity index (χ4v) is 4.26. The number of hydrogen-bond acceptors (Lipinski definition) is 6. The van der Waals surface area contributed by atoms with Crippen molar-refractivity contribution in [3.8, 4) is 11.8 Å². The van der Waals surface area contributed by atoms with Gasteiger partial charge in [0.05, 0.1) is 32.2 Å². The maximum atomic E-state index is 5.74. The molecule has 0 fully saturated rings. The second-order valence-electron chi connectivity index (χ2n) is 7.31. The molecule has 0 spiro atoms. The molecule has 0 aliphatic rings. The summed E-state index contributed by atoms with van der Waals surface area (Å²) in [4.78, 5) is 17.9. The van der Waals surface area contributed by atoms with Crippen LogP contribution in [-0.2, 0) is 6.42 Å². The molecular weight excluding hydrogens is 404 g/mol. The second-order valence-corrected chi connectivity index (χ2v) is 8.36. The van der Waals surface area contributed by atoms with E-state index >= 15 is 0 Å². The van der Waals surface area contributed by atoms with E-state index < -0.39 is 0 Å². The van der Waals surface area contributed by atoms with Gasteiger partial charge in [0, 0.05) is 12.1 Å². The number of nitrogens with one attached hydrogen (secondary N) is 2. The molecule has 3 aromatic heterocycles. The first-order valence-corrected chi connectivity index (χ1v) is 10.8. The first kappa shape index (κ1) is 19.2. The van der Waals surface area contributed by atoms with E-state index in [2.05, 4.69) is 50.3 Å². The highest BCUT2D eigenvalue weighted by Crippen LogP contribution is 2.31. The van der Waals surface area contributed by atoms with Gasteiger partial charge in [0.1, 0.15) is 12.2 Å². The molecule has 152 valence electrons. The molecule has 6 nitrogen and oxygen atoms in total. The number of nitrogens with two attached hydrogens (primary N) is 1. The molecular formula is C24H20N6S. The number of fused-ring (bicyclic) bond motifs is 2. The summed E-state index contributed by atoms with van der Waals surface area (Å²) in [6, 6.07) is 18.2. The van der Waals surface area contributed by atoms with Crippen molar-refractivity contribution in [2.75, 3.05) is 5.32 Å². The minimum atomic E-state index is -0.165. The van der Waals surface area contributed by atoms with Crippen molar-refractivity contribution in [2.24, 2.45) is 5.73 Å². The molecule has 4 N–H and O–H groups in total. The van der Waals surface area contributed by atoms with Crippen molar-refractivity contribution in [2.45, 2.75) is 19.4 Å². The molecule has 0 aliphatic carbocycles. The van der Waals surface area contributed by atoms with Gasteiger partial charge in [-0.1, -0.05) is 42.2 Å². The Morgan fingerprint density at radius 2 is 1.97 bits per heavy atom. The summed E-state index contributed by atoms with van der Waals surface area (Å²) < 4.78 is 0.964. The van der Waals surface area contributed by atoms with Gasteiger partial charge in [-0.25, -0.2) is 15.0 Å². The molecule has 0 aliphatic heterocycles. The van der Waals surface area contributed by atoms with Crippen LogP contribution in [0, 0.1) is 11.8 Å². The second kappa shape index (κ2) is 8.19. The van der Waals surface area contributed by atoms with Crippen molar-refractivity contribution in [1.82, 2.24) is 19.9 Å². The normalized spacial score (nSPS) is 11.9. The van der Waals surface area contributed by atoms with E-state index in [9.17, 15) is 0 Å². The van der Waals surface area contributed by atoms with Crippen LogP contribution in [0.2, 0.25) is 0 Å². The number of H-pyrrole nitrogens is 1. The van der Waals surface area contributed by atoms with Crippen LogP contribution >= 0.6 is 11.3 Å². The Kier molecular flexibility index (Phi) is 5.08. The predicted molar refractivity (Wildman–Crippen MR) is 127 cm³/mol. The van der Waals surface area contributed by atoms with E-state index in [0.29, 0.717) is 0 Å². The van der Waals surface area contributed by atoms with Crippen LogP contribution in [0.1, 0.15) is 23.2 Å². The number of thiophene rings is 1. The lowest BCUT2D eigenvalue weighted by atomic mass is 10.1. The third kappa shape index (κ3) is 4.26. The molecule has 2 aromatic carbocycles. The molecule has 0 unspecified atom stereocenters. The predicted octanol–water partition coefficient (Wildman–Crippen LogP) is 4.60. The van der Waals surface area contributed by atoms with Gasteiger partial charge in [-0.2, -0.15) is 0 Å². The molecule has 5 aromatic rings. The molecule has 1 atom stereocenters. The standard InChI is InChI=1S/C24H20N6S/c1-15(25)7-9-18-13-21-23(31-18)24(27-14-26-21)28-17-8-10-19-20(12-17)30-22(29-19)11-16-5-3-2-4-6-16/h2-6,8,10,12-15H,11,25H2,1H3,(H,29,30)(H,26,27,28)/t15-/m1/s1. The lowest BCUT2D eigenvalue weighted by Gasteiger charge is -2.05. The van der Waals surface area contributed by atoms with Gasteiger partial charge >= 0.3 is 0 Å². The minimum Gasteiger partial charge on any atom is -0.342 e. The molecule has 0 bridgehead atoms.